The van der Waals surface area contributed by atoms with E-state index in [1.165, 1.54) is 0 Å². The highest BCUT2D eigenvalue weighted by Gasteiger charge is 2.36. The molecule has 0 bridgehead atoms. The molecule has 1 atom stereocenters. The van der Waals surface area contributed by atoms with Crippen LogP contribution in [0, 0.1) is 5.92 Å². The summed E-state index contributed by atoms with van der Waals surface area (Å²) in [7, 11) is 0. The third-order valence-electron chi connectivity index (χ3n) is 5.70. The molecule has 2 aliphatic rings. The second-order valence-corrected chi connectivity index (χ2v) is 8.17. The molecule has 2 fully saturated rings. The van der Waals surface area contributed by atoms with Crippen molar-refractivity contribution in [3.8, 4) is 0 Å². The number of amides is 2. The molecule has 0 aliphatic carbocycles. The van der Waals surface area contributed by atoms with E-state index in [2.05, 4.69) is 6.92 Å². The van der Waals surface area contributed by atoms with Gasteiger partial charge in [0.2, 0.25) is 11.8 Å². The molecule has 0 aromatic heterocycles. The van der Waals surface area contributed by atoms with Crippen LogP contribution in [0.5, 0.6) is 0 Å². The van der Waals surface area contributed by atoms with E-state index in [-0.39, 0.29) is 17.9 Å². The predicted octanol–water partition coefficient (Wildman–Crippen LogP) is 3.91. The molecule has 2 heterocycles. The van der Waals surface area contributed by atoms with Crippen molar-refractivity contribution in [1.82, 2.24) is 9.80 Å². The van der Waals surface area contributed by atoms with E-state index in [0.29, 0.717) is 12.3 Å². The fraction of sp³-hybridized carbons (Fsp3) is 0.619. The Balaban J connectivity index is 1.50. The van der Waals surface area contributed by atoms with Gasteiger partial charge in [0.15, 0.2) is 0 Å². The first kappa shape index (κ1) is 19.2. The van der Waals surface area contributed by atoms with Gasteiger partial charge in [-0.25, -0.2) is 0 Å². The van der Waals surface area contributed by atoms with Gasteiger partial charge in [-0.15, -0.1) is 0 Å². The van der Waals surface area contributed by atoms with Crippen LogP contribution in [0.1, 0.15) is 51.0 Å². The zero-order valence-corrected chi connectivity index (χ0v) is 16.4. The Bertz CT molecular complexity index is 641. The summed E-state index contributed by atoms with van der Waals surface area (Å²) in [6, 6.07) is 7.55. The Morgan fingerprint density at radius 3 is 2.65 bits per heavy atom. The third-order valence-corrected chi connectivity index (χ3v) is 5.93. The Morgan fingerprint density at radius 2 is 1.92 bits per heavy atom. The fourth-order valence-electron chi connectivity index (χ4n) is 4.04. The molecule has 0 radical (unpaired) electrons. The summed E-state index contributed by atoms with van der Waals surface area (Å²) in [4.78, 5) is 29.4. The number of likely N-dealkylation sites (tertiary alicyclic amines) is 2. The van der Waals surface area contributed by atoms with Crippen LogP contribution in [0.25, 0.3) is 0 Å². The molecule has 3 rings (SSSR count). The molecular formula is C21H29ClN2O2. The summed E-state index contributed by atoms with van der Waals surface area (Å²) in [5, 5.41) is 0.731. The number of rotatable bonds is 5. The first-order chi connectivity index (χ1) is 12.5. The number of carbonyl (C=O) groups is 2. The summed E-state index contributed by atoms with van der Waals surface area (Å²) in [6.07, 6.45) is 6.01. The van der Waals surface area contributed by atoms with E-state index in [1.807, 2.05) is 34.1 Å². The summed E-state index contributed by atoms with van der Waals surface area (Å²) >= 11 is 6.01. The topological polar surface area (TPSA) is 40.6 Å². The minimum Gasteiger partial charge on any atom is -0.341 e. The number of piperidine rings is 1. The van der Waals surface area contributed by atoms with Crippen molar-refractivity contribution in [2.75, 3.05) is 19.6 Å². The van der Waals surface area contributed by atoms with Crippen LogP contribution in [0.4, 0.5) is 0 Å². The standard InChI is InChI=1S/C21H29ClN2O2/c1-16-10-13-23(14-11-16)21(26)19-8-4-12-24(19)20(25)9-3-6-17-5-2-7-18(22)15-17/h2,5,7,15-16,19H,3-4,6,8-14H2,1H3. The van der Waals surface area contributed by atoms with Crippen molar-refractivity contribution < 1.29 is 9.59 Å². The molecular weight excluding hydrogens is 348 g/mol. The molecule has 1 unspecified atom stereocenters. The second-order valence-electron chi connectivity index (χ2n) is 7.74. The molecule has 0 spiro atoms. The van der Waals surface area contributed by atoms with E-state index in [0.717, 1.165) is 68.7 Å². The minimum absolute atomic E-state index is 0.119. The first-order valence-electron chi connectivity index (χ1n) is 9.87. The number of benzene rings is 1. The van der Waals surface area contributed by atoms with E-state index < -0.39 is 0 Å². The van der Waals surface area contributed by atoms with Gasteiger partial charge < -0.3 is 9.80 Å². The molecule has 1 aromatic carbocycles. The van der Waals surface area contributed by atoms with E-state index in [4.69, 9.17) is 11.6 Å². The highest BCUT2D eigenvalue weighted by Crippen LogP contribution is 2.24. The summed E-state index contributed by atoms with van der Waals surface area (Å²) in [6.45, 7) is 4.64. The van der Waals surface area contributed by atoms with Crippen LogP contribution >= 0.6 is 11.6 Å². The van der Waals surface area contributed by atoms with Gasteiger partial charge in [0.1, 0.15) is 6.04 Å². The number of halogens is 1. The molecule has 4 nitrogen and oxygen atoms in total. The highest BCUT2D eigenvalue weighted by atomic mass is 35.5. The number of carbonyl (C=O) groups excluding carboxylic acids is 2. The van der Waals surface area contributed by atoms with Crippen LogP contribution in [0.3, 0.4) is 0 Å². The van der Waals surface area contributed by atoms with Crippen LogP contribution in [0.2, 0.25) is 5.02 Å². The average Bonchev–Trinajstić information content (AvgIpc) is 3.11. The van der Waals surface area contributed by atoms with Crippen LogP contribution in [-0.4, -0.2) is 47.3 Å². The minimum atomic E-state index is -0.234. The lowest BCUT2D eigenvalue weighted by molar-refractivity contribution is -0.144. The molecule has 142 valence electrons. The van der Waals surface area contributed by atoms with E-state index in [9.17, 15) is 9.59 Å². The molecule has 1 aromatic rings. The van der Waals surface area contributed by atoms with Crippen molar-refractivity contribution in [3.05, 3.63) is 34.9 Å². The monoisotopic (exact) mass is 376 g/mol. The normalized spacial score (nSPS) is 21.2. The molecule has 2 amide bonds. The Labute approximate surface area is 161 Å². The summed E-state index contributed by atoms with van der Waals surface area (Å²) in [5.41, 5.74) is 1.15. The summed E-state index contributed by atoms with van der Waals surface area (Å²) in [5.74, 6) is 0.984. The second kappa shape index (κ2) is 8.90. The van der Waals surface area contributed by atoms with Gasteiger partial charge >= 0.3 is 0 Å². The Hall–Kier alpha value is -1.55. The largest absolute Gasteiger partial charge is 0.341 e. The first-order valence-corrected chi connectivity index (χ1v) is 10.2. The number of hydrogen-bond donors (Lipinski definition) is 0. The molecule has 0 saturated carbocycles. The Morgan fingerprint density at radius 1 is 1.15 bits per heavy atom. The molecule has 26 heavy (non-hydrogen) atoms. The quantitative estimate of drug-likeness (QED) is 0.781. The Kier molecular flexibility index (Phi) is 6.58. The number of aryl methyl sites for hydroxylation is 1. The zero-order chi connectivity index (χ0) is 18.5. The van der Waals surface area contributed by atoms with Crippen molar-refractivity contribution >= 4 is 23.4 Å². The average molecular weight is 377 g/mol. The van der Waals surface area contributed by atoms with E-state index in [1.54, 1.807) is 0 Å². The van der Waals surface area contributed by atoms with Gasteiger partial charge in [-0.2, -0.15) is 0 Å². The van der Waals surface area contributed by atoms with Crippen LogP contribution < -0.4 is 0 Å². The number of hydrogen-bond acceptors (Lipinski definition) is 2. The van der Waals surface area contributed by atoms with Crippen molar-refractivity contribution in [1.29, 1.82) is 0 Å². The SMILES string of the molecule is CC1CCN(C(=O)C2CCCN2C(=O)CCCc2cccc(Cl)c2)CC1. The van der Waals surface area contributed by atoms with Gasteiger partial charge in [0.05, 0.1) is 0 Å². The third kappa shape index (κ3) is 4.79. The van der Waals surface area contributed by atoms with Gasteiger partial charge in [0, 0.05) is 31.1 Å². The van der Waals surface area contributed by atoms with Crippen LogP contribution in [0.15, 0.2) is 24.3 Å². The maximum Gasteiger partial charge on any atom is 0.245 e. The summed E-state index contributed by atoms with van der Waals surface area (Å²) < 4.78 is 0. The van der Waals surface area contributed by atoms with Crippen molar-refractivity contribution in [2.45, 2.75) is 57.9 Å². The predicted molar refractivity (Wildman–Crippen MR) is 104 cm³/mol. The number of nitrogens with zero attached hydrogens (tertiary/aromatic N) is 2. The van der Waals surface area contributed by atoms with E-state index >= 15 is 0 Å². The van der Waals surface area contributed by atoms with Gasteiger partial charge in [-0.05, 0) is 62.1 Å². The maximum atomic E-state index is 12.9. The van der Waals surface area contributed by atoms with Gasteiger partial charge in [0.25, 0.3) is 0 Å². The zero-order valence-electron chi connectivity index (χ0n) is 15.6. The molecule has 0 N–H and O–H groups in total. The maximum absolute atomic E-state index is 12.9. The van der Waals surface area contributed by atoms with Gasteiger partial charge in [-0.1, -0.05) is 30.7 Å². The van der Waals surface area contributed by atoms with Crippen molar-refractivity contribution in [3.63, 3.8) is 0 Å². The molecule has 2 aliphatic heterocycles. The highest BCUT2D eigenvalue weighted by molar-refractivity contribution is 6.30. The van der Waals surface area contributed by atoms with Crippen LogP contribution in [-0.2, 0) is 16.0 Å². The lowest BCUT2D eigenvalue weighted by Gasteiger charge is -2.34. The lowest BCUT2D eigenvalue weighted by Crippen LogP contribution is -2.49. The fourth-order valence-corrected chi connectivity index (χ4v) is 4.25. The lowest BCUT2D eigenvalue weighted by atomic mass is 9.98. The molecule has 5 heteroatoms. The van der Waals surface area contributed by atoms with Crippen molar-refractivity contribution in [2.24, 2.45) is 5.92 Å². The smallest absolute Gasteiger partial charge is 0.245 e. The molecule has 2 saturated heterocycles. The van der Waals surface area contributed by atoms with Gasteiger partial charge in [-0.3, -0.25) is 9.59 Å².